The molecule has 0 aromatic carbocycles. The predicted octanol–water partition coefficient (Wildman–Crippen LogP) is 1.95. The van der Waals surface area contributed by atoms with Gasteiger partial charge in [0.15, 0.2) is 0 Å². The fraction of sp³-hybridized carbons (Fsp3) is 0.417. The van der Waals surface area contributed by atoms with Crippen LogP contribution in [-0.4, -0.2) is 23.1 Å². The zero-order valence-electron chi connectivity index (χ0n) is 9.33. The van der Waals surface area contributed by atoms with E-state index in [-0.39, 0.29) is 0 Å². The lowest BCUT2D eigenvalue weighted by Gasteiger charge is -2.06. The zero-order chi connectivity index (χ0) is 10.7. The maximum atomic E-state index is 4.42. The van der Waals surface area contributed by atoms with Crippen molar-refractivity contribution in [2.75, 3.05) is 13.6 Å². The van der Waals surface area contributed by atoms with Crippen molar-refractivity contribution < 1.29 is 0 Å². The maximum absolute atomic E-state index is 4.42. The Morgan fingerprint density at radius 1 is 1.47 bits per heavy atom. The number of hydrogen-bond acceptors (Lipinski definition) is 2. The van der Waals surface area contributed by atoms with Crippen LogP contribution in [0.1, 0.15) is 12.1 Å². The van der Waals surface area contributed by atoms with E-state index in [1.165, 1.54) is 11.1 Å². The summed E-state index contributed by atoms with van der Waals surface area (Å²) in [6, 6.07) is 6.30. The minimum Gasteiger partial charge on any atom is -0.330 e. The van der Waals surface area contributed by atoms with Crippen LogP contribution < -0.4 is 5.32 Å². The van der Waals surface area contributed by atoms with E-state index >= 15 is 0 Å². The molecule has 0 spiro atoms. The third-order valence-electron chi connectivity index (χ3n) is 2.67. The lowest BCUT2D eigenvalue weighted by molar-refractivity contribution is 0.614. The van der Waals surface area contributed by atoms with Crippen molar-refractivity contribution in [1.29, 1.82) is 0 Å². The molecule has 0 fully saturated rings. The van der Waals surface area contributed by atoms with Crippen LogP contribution in [0.5, 0.6) is 0 Å². The Balaban J connectivity index is 2.28. The molecule has 0 aliphatic rings. The summed E-state index contributed by atoms with van der Waals surface area (Å²) in [5.41, 5.74) is 2.39. The van der Waals surface area contributed by atoms with Crippen LogP contribution in [0.25, 0.3) is 11.0 Å². The molecule has 0 aliphatic heterocycles. The van der Waals surface area contributed by atoms with E-state index in [0.717, 1.165) is 25.2 Å². The van der Waals surface area contributed by atoms with Crippen LogP contribution >= 0.6 is 0 Å². The number of fused-ring (bicyclic) bond motifs is 1. The highest BCUT2D eigenvalue weighted by Gasteiger charge is 2.04. The molecule has 0 bridgehead atoms. The number of aryl methyl sites for hydroxylation is 2. The number of rotatable bonds is 4. The third kappa shape index (κ3) is 2.02. The maximum Gasteiger partial charge on any atom is 0.140 e. The van der Waals surface area contributed by atoms with E-state index in [9.17, 15) is 0 Å². The number of nitrogens with one attached hydrogen (secondary N) is 1. The van der Waals surface area contributed by atoms with Gasteiger partial charge in [0.2, 0.25) is 0 Å². The summed E-state index contributed by atoms with van der Waals surface area (Å²) in [7, 11) is 1.98. The van der Waals surface area contributed by atoms with Gasteiger partial charge in [0.05, 0.1) is 0 Å². The summed E-state index contributed by atoms with van der Waals surface area (Å²) in [4.78, 5) is 4.42. The van der Waals surface area contributed by atoms with Gasteiger partial charge in [0.1, 0.15) is 5.65 Å². The smallest absolute Gasteiger partial charge is 0.140 e. The van der Waals surface area contributed by atoms with Crippen LogP contribution in [0.2, 0.25) is 0 Å². The third-order valence-corrected chi connectivity index (χ3v) is 2.67. The Morgan fingerprint density at radius 3 is 3.13 bits per heavy atom. The van der Waals surface area contributed by atoms with Gasteiger partial charge in [0.25, 0.3) is 0 Å². The monoisotopic (exact) mass is 203 g/mol. The molecule has 0 amide bonds. The van der Waals surface area contributed by atoms with Crippen LogP contribution in [0.4, 0.5) is 0 Å². The highest BCUT2D eigenvalue weighted by atomic mass is 15.0. The van der Waals surface area contributed by atoms with Crippen LogP contribution in [0.15, 0.2) is 24.4 Å². The molecule has 80 valence electrons. The molecule has 15 heavy (non-hydrogen) atoms. The summed E-state index contributed by atoms with van der Waals surface area (Å²) in [5, 5.41) is 4.40. The molecule has 2 aromatic rings. The summed E-state index contributed by atoms with van der Waals surface area (Å²) in [5.74, 6) is 0. The van der Waals surface area contributed by atoms with Crippen molar-refractivity contribution in [2.24, 2.45) is 0 Å². The second-order valence-electron chi connectivity index (χ2n) is 3.81. The van der Waals surface area contributed by atoms with Crippen LogP contribution in [-0.2, 0) is 6.54 Å². The van der Waals surface area contributed by atoms with Crippen molar-refractivity contribution in [1.82, 2.24) is 14.9 Å². The summed E-state index contributed by atoms with van der Waals surface area (Å²) in [6.07, 6.45) is 2.99. The van der Waals surface area contributed by atoms with Gasteiger partial charge in [0, 0.05) is 23.8 Å². The van der Waals surface area contributed by atoms with E-state index < -0.39 is 0 Å². The van der Waals surface area contributed by atoms with E-state index in [2.05, 4.69) is 33.9 Å². The van der Waals surface area contributed by atoms with Gasteiger partial charge >= 0.3 is 0 Å². The van der Waals surface area contributed by atoms with Crippen molar-refractivity contribution in [3.8, 4) is 0 Å². The molecule has 0 unspecified atom stereocenters. The van der Waals surface area contributed by atoms with Crippen molar-refractivity contribution in [3.05, 3.63) is 30.1 Å². The molecule has 0 atom stereocenters. The van der Waals surface area contributed by atoms with Gasteiger partial charge in [-0.3, -0.25) is 0 Å². The standard InChI is InChI=1S/C12H17N3/c1-10-9-11-5-3-7-14-12(11)15(10)8-4-6-13-2/h3,5,7,9,13H,4,6,8H2,1-2H3. The minimum absolute atomic E-state index is 1.03. The highest BCUT2D eigenvalue weighted by Crippen LogP contribution is 2.16. The van der Waals surface area contributed by atoms with Crippen molar-refractivity contribution in [3.63, 3.8) is 0 Å². The van der Waals surface area contributed by atoms with Crippen LogP contribution in [0.3, 0.4) is 0 Å². The molecule has 2 heterocycles. The highest BCUT2D eigenvalue weighted by molar-refractivity contribution is 5.77. The van der Waals surface area contributed by atoms with Gasteiger partial charge in [-0.2, -0.15) is 0 Å². The van der Waals surface area contributed by atoms with Gasteiger partial charge in [-0.25, -0.2) is 4.98 Å². The Labute approximate surface area is 90.1 Å². The number of hydrogen-bond donors (Lipinski definition) is 1. The largest absolute Gasteiger partial charge is 0.330 e. The first-order valence-corrected chi connectivity index (χ1v) is 5.38. The first-order chi connectivity index (χ1) is 7.33. The Morgan fingerprint density at radius 2 is 2.33 bits per heavy atom. The molecule has 1 N–H and O–H groups in total. The molecule has 0 saturated heterocycles. The van der Waals surface area contributed by atoms with Gasteiger partial charge in [-0.1, -0.05) is 0 Å². The second kappa shape index (κ2) is 4.45. The molecule has 0 radical (unpaired) electrons. The SMILES string of the molecule is CNCCCn1c(C)cc2cccnc21. The average molecular weight is 203 g/mol. The molecule has 3 heteroatoms. The van der Waals surface area contributed by atoms with Gasteiger partial charge < -0.3 is 9.88 Å². The fourth-order valence-electron chi connectivity index (χ4n) is 1.91. The molecular weight excluding hydrogens is 186 g/mol. The van der Waals surface area contributed by atoms with E-state index in [4.69, 9.17) is 0 Å². The molecular formula is C12H17N3. The first-order valence-electron chi connectivity index (χ1n) is 5.38. The summed E-state index contributed by atoms with van der Waals surface area (Å²) >= 11 is 0. The molecule has 2 aromatic heterocycles. The number of aromatic nitrogens is 2. The zero-order valence-corrected chi connectivity index (χ0v) is 9.33. The predicted molar refractivity (Wildman–Crippen MR) is 63.0 cm³/mol. The van der Waals surface area contributed by atoms with Crippen molar-refractivity contribution >= 4 is 11.0 Å². The number of pyridine rings is 1. The Bertz CT molecular complexity index is 445. The molecule has 0 aliphatic carbocycles. The molecule has 2 rings (SSSR count). The minimum atomic E-state index is 1.03. The average Bonchev–Trinajstić information content (AvgIpc) is 2.56. The Hall–Kier alpha value is -1.35. The number of nitrogens with zero attached hydrogens (tertiary/aromatic N) is 2. The Kier molecular flexibility index (Phi) is 3.02. The van der Waals surface area contributed by atoms with E-state index in [1.807, 2.05) is 19.3 Å². The normalized spacial score (nSPS) is 11.1. The van der Waals surface area contributed by atoms with E-state index in [1.54, 1.807) is 0 Å². The fourth-order valence-corrected chi connectivity index (χ4v) is 1.91. The van der Waals surface area contributed by atoms with Crippen LogP contribution in [0, 0.1) is 6.92 Å². The van der Waals surface area contributed by atoms with Crippen molar-refractivity contribution in [2.45, 2.75) is 19.9 Å². The first kappa shape index (κ1) is 10.2. The van der Waals surface area contributed by atoms with E-state index in [0.29, 0.717) is 0 Å². The van der Waals surface area contributed by atoms with Gasteiger partial charge in [-0.15, -0.1) is 0 Å². The molecule has 3 nitrogen and oxygen atoms in total. The topological polar surface area (TPSA) is 29.9 Å². The van der Waals surface area contributed by atoms with Gasteiger partial charge in [-0.05, 0) is 45.1 Å². The lowest BCUT2D eigenvalue weighted by atomic mass is 10.3. The lowest BCUT2D eigenvalue weighted by Crippen LogP contribution is -2.11. The summed E-state index contributed by atoms with van der Waals surface area (Å²) < 4.78 is 2.28. The summed E-state index contributed by atoms with van der Waals surface area (Å²) in [6.45, 7) is 4.22. The quantitative estimate of drug-likeness (QED) is 0.770. The molecule has 0 saturated carbocycles. The second-order valence-corrected chi connectivity index (χ2v) is 3.81.